The van der Waals surface area contributed by atoms with Gasteiger partial charge in [-0.3, -0.25) is 4.79 Å². The van der Waals surface area contributed by atoms with Gasteiger partial charge >= 0.3 is 0 Å². The number of carbonyl (C=O) groups excluding carboxylic acids is 1. The number of anilines is 1. The Morgan fingerprint density at radius 3 is 2.56 bits per heavy atom. The van der Waals surface area contributed by atoms with E-state index in [4.69, 9.17) is 10.00 Å². The van der Waals surface area contributed by atoms with Gasteiger partial charge in [-0.1, -0.05) is 0 Å². The number of aromatic nitrogens is 2. The Morgan fingerprint density at radius 2 is 1.89 bits per heavy atom. The molecule has 0 saturated carbocycles. The van der Waals surface area contributed by atoms with Crippen molar-refractivity contribution in [1.82, 2.24) is 14.9 Å². The first kappa shape index (κ1) is 17.3. The van der Waals surface area contributed by atoms with Crippen molar-refractivity contribution < 1.29 is 9.53 Å². The molecule has 7 heteroatoms. The lowest BCUT2D eigenvalue weighted by Crippen LogP contribution is -2.50. The number of carbonyl (C=O) groups is 1. The number of nitriles is 1. The highest BCUT2D eigenvalue weighted by Crippen LogP contribution is 2.33. The first-order valence-electron chi connectivity index (χ1n) is 9.11. The maximum atomic E-state index is 13.0. The van der Waals surface area contributed by atoms with E-state index in [2.05, 4.69) is 20.9 Å². The fourth-order valence-electron chi connectivity index (χ4n) is 4.01. The standard InChI is InChI=1S/C20H21N5O2/c1-27-17-11-22-20(23-12-17)24-8-6-15-7-9-25(18(15)13-24)19(26)16-4-2-14(10-21)3-5-16/h2-5,11-12,15,18H,6-9,13H2,1H3. The Balaban J connectivity index is 1.50. The van der Waals surface area contributed by atoms with Crippen LogP contribution in [0.1, 0.15) is 28.8 Å². The predicted octanol–water partition coefficient (Wildman–Crippen LogP) is 2.10. The van der Waals surface area contributed by atoms with Crippen molar-refractivity contribution in [2.45, 2.75) is 18.9 Å². The van der Waals surface area contributed by atoms with E-state index in [-0.39, 0.29) is 11.9 Å². The van der Waals surface area contributed by atoms with Crippen LogP contribution in [0, 0.1) is 17.2 Å². The molecular formula is C20H21N5O2. The smallest absolute Gasteiger partial charge is 0.254 e. The average Bonchev–Trinajstić information content (AvgIpc) is 3.16. The van der Waals surface area contributed by atoms with Crippen molar-refractivity contribution in [3.63, 3.8) is 0 Å². The van der Waals surface area contributed by atoms with Crippen molar-refractivity contribution in [3.05, 3.63) is 47.8 Å². The Bertz CT molecular complexity index is 859. The third kappa shape index (κ3) is 3.31. The largest absolute Gasteiger partial charge is 0.494 e. The van der Waals surface area contributed by atoms with Crippen LogP contribution in [0.2, 0.25) is 0 Å². The summed E-state index contributed by atoms with van der Waals surface area (Å²) >= 11 is 0. The molecule has 2 atom stereocenters. The Hall–Kier alpha value is -3.14. The van der Waals surface area contributed by atoms with Crippen LogP contribution in [-0.2, 0) is 0 Å². The predicted molar refractivity (Wildman–Crippen MR) is 99.5 cm³/mol. The number of rotatable bonds is 3. The summed E-state index contributed by atoms with van der Waals surface area (Å²) in [5.74, 6) is 1.85. The molecule has 7 nitrogen and oxygen atoms in total. The minimum Gasteiger partial charge on any atom is -0.494 e. The number of likely N-dealkylation sites (tertiary alicyclic amines) is 1. The topological polar surface area (TPSA) is 82.4 Å². The summed E-state index contributed by atoms with van der Waals surface area (Å²) in [5, 5.41) is 8.93. The minimum atomic E-state index is 0.0319. The Morgan fingerprint density at radius 1 is 1.19 bits per heavy atom. The highest BCUT2D eigenvalue weighted by atomic mass is 16.5. The molecule has 2 fully saturated rings. The molecule has 2 saturated heterocycles. The maximum Gasteiger partial charge on any atom is 0.254 e. The molecule has 3 heterocycles. The van der Waals surface area contributed by atoms with E-state index in [0.29, 0.717) is 28.7 Å². The van der Waals surface area contributed by atoms with Crippen LogP contribution in [0.4, 0.5) is 5.95 Å². The van der Waals surface area contributed by atoms with Crippen LogP contribution in [0.5, 0.6) is 5.75 Å². The van der Waals surface area contributed by atoms with Crippen LogP contribution < -0.4 is 9.64 Å². The molecule has 2 aliphatic heterocycles. The highest BCUT2D eigenvalue weighted by molar-refractivity contribution is 5.94. The van der Waals surface area contributed by atoms with Crippen molar-refractivity contribution in [1.29, 1.82) is 5.26 Å². The summed E-state index contributed by atoms with van der Waals surface area (Å²) in [5.41, 5.74) is 1.19. The van der Waals surface area contributed by atoms with Crippen molar-refractivity contribution >= 4 is 11.9 Å². The van der Waals surface area contributed by atoms with E-state index in [1.165, 1.54) is 0 Å². The summed E-state index contributed by atoms with van der Waals surface area (Å²) in [6.45, 7) is 2.40. The van der Waals surface area contributed by atoms with E-state index in [1.807, 2.05) is 4.90 Å². The summed E-state index contributed by atoms with van der Waals surface area (Å²) in [6.07, 6.45) is 5.40. The lowest BCUT2D eigenvalue weighted by molar-refractivity contribution is 0.0712. The molecule has 0 radical (unpaired) electrons. The van der Waals surface area contributed by atoms with E-state index in [1.54, 1.807) is 43.8 Å². The molecule has 0 aliphatic carbocycles. The zero-order valence-electron chi connectivity index (χ0n) is 15.2. The summed E-state index contributed by atoms with van der Waals surface area (Å²) in [4.78, 5) is 25.9. The molecule has 2 aromatic rings. The number of piperidine rings is 1. The van der Waals surface area contributed by atoms with Gasteiger partial charge in [-0.25, -0.2) is 9.97 Å². The van der Waals surface area contributed by atoms with Crippen molar-refractivity contribution in [2.24, 2.45) is 5.92 Å². The van der Waals surface area contributed by atoms with Gasteiger partial charge in [0.2, 0.25) is 5.95 Å². The molecule has 0 N–H and O–H groups in total. The van der Waals surface area contributed by atoms with Crippen LogP contribution in [-0.4, -0.2) is 53.6 Å². The molecular weight excluding hydrogens is 342 g/mol. The van der Waals surface area contributed by atoms with Crippen LogP contribution in [0.15, 0.2) is 36.7 Å². The van der Waals surface area contributed by atoms with Crippen molar-refractivity contribution in [2.75, 3.05) is 31.6 Å². The molecule has 138 valence electrons. The molecule has 1 aromatic carbocycles. The van der Waals surface area contributed by atoms with Gasteiger partial charge in [0.15, 0.2) is 5.75 Å². The van der Waals surface area contributed by atoms with Crippen LogP contribution in [0.25, 0.3) is 0 Å². The second-order valence-corrected chi connectivity index (χ2v) is 6.96. The Labute approximate surface area is 158 Å². The summed E-state index contributed by atoms with van der Waals surface area (Å²) in [6, 6.07) is 9.11. The van der Waals surface area contributed by atoms with Gasteiger partial charge < -0.3 is 14.5 Å². The number of ether oxygens (including phenoxy) is 1. The molecule has 0 bridgehead atoms. The third-order valence-electron chi connectivity index (χ3n) is 5.52. The van der Waals surface area contributed by atoms with E-state index in [9.17, 15) is 4.79 Å². The molecule has 2 unspecified atom stereocenters. The fourth-order valence-corrected chi connectivity index (χ4v) is 4.01. The molecule has 27 heavy (non-hydrogen) atoms. The zero-order chi connectivity index (χ0) is 18.8. The second-order valence-electron chi connectivity index (χ2n) is 6.96. The number of amides is 1. The average molecular weight is 363 g/mol. The normalized spacial score (nSPS) is 21.5. The van der Waals surface area contributed by atoms with E-state index < -0.39 is 0 Å². The zero-order valence-corrected chi connectivity index (χ0v) is 15.2. The first-order chi connectivity index (χ1) is 13.2. The lowest BCUT2D eigenvalue weighted by Gasteiger charge is -2.38. The quantitative estimate of drug-likeness (QED) is 0.831. The van der Waals surface area contributed by atoms with Crippen molar-refractivity contribution in [3.8, 4) is 11.8 Å². The summed E-state index contributed by atoms with van der Waals surface area (Å²) in [7, 11) is 1.59. The lowest BCUT2D eigenvalue weighted by atomic mass is 9.92. The van der Waals surface area contributed by atoms with Crippen LogP contribution in [0.3, 0.4) is 0 Å². The molecule has 1 amide bonds. The van der Waals surface area contributed by atoms with Gasteiger partial charge in [-0.2, -0.15) is 5.26 Å². The number of benzene rings is 1. The van der Waals surface area contributed by atoms with Gasteiger partial charge in [0.05, 0.1) is 37.2 Å². The molecule has 4 rings (SSSR count). The molecule has 0 spiro atoms. The van der Waals surface area contributed by atoms with Gasteiger partial charge in [-0.15, -0.1) is 0 Å². The van der Waals surface area contributed by atoms with Gasteiger partial charge in [0.1, 0.15) is 0 Å². The van der Waals surface area contributed by atoms with E-state index in [0.717, 1.165) is 32.5 Å². The number of nitrogens with zero attached hydrogens (tertiary/aromatic N) is 5. The SMILES string of the molecule is COc1cnc(N2CCC3CCN(C(=O)c4ccc(C#N)cc4)C3C2)nc1. The highest BCUT2D eigenvalue weighted by Gasteiger charge is 2.41. The number of fused-ring (bicyclic) bond motifs is 1. The molecule has 2 aliphatic rings. The second kappa shape index (κ2) is 7.23. The first-order valence-corrected chi connectivity index (χ1v) is 9.11. The van der Waals surface area contributed by atoms with Gasteiger partial charge in [0, 0.05) is 25.2 Å². The monoisotopic (exact) mass is 363 g/mol. The number of methoxy groups -OCH3 is 1. The third-order valence-corrected chi connectivity index (χ3v) is 5.52. The van der Waals surface area contributed by atoms with Crippen LogP contribution >= 0.6 is 0 Å². The fraction of sp³-hybridized carbons (Fsp3) is 0.400. The Kier molecular flexibility index (Phi) is 4.63. The van der Waals surface area contributed by atoms with Gasteiger partial charge in [0.25, 0.3) is 5.91 Å². The number of hydrogen-bond acceptors (Lipinski definition) is 6. The molecule has 1 aromatic heterocycles. The summed E-state index contributed by atoms with van der Waals surface area (Å²) < 4.78 is 5.12. The van der Waals surface area contributed by atoms with Gasteiger partial charge in [-0.05, 0) is 43.0 Å². The minimum absolute atomic E-state index is 0.0319. The number of hydrogen-bond donors (Lipinski definition) is 0. The maximum absolute atomic E-state index is 13.0. The van der Waals surface area contributed by atoms with E-state index >= 15 is 0 Å².